The van der Waals surface area contributed by atoms with Crippen LogP contribution in [0.5, 0.6) is 0 Å². The van der Waals surface area contributed by atoms with Crippen molar-refractivity contribution in [1.82, 2.24) is 10.3 Å². The van der Waals surface area contributed by atoms with Crippen LogP contribution in [0.4, 0.5) is 5.69 Å². The fourth-order valence-electron chi connectivity index (χ4n) is 1.40. The Balaban J connectivity index is 2.48. The molecule has 1 aromatic rings. The Bertz CT molecular complexity index is 395. The van der Waals surface area contributed by atoms with Crippen LogP contribution in [0.25, 0.3) is 0 Å². The number of carboxylic acid groups (broad SMARTS) is 1. The number of aromatic nitrogens is 1. The largest absolute Gasteiger partial charge is 0.480 e. The number of anilines is 1. The highest BCUT2D eigenvalue weighted by molar-refractivity contribution is 5.93. The second-order valence-electron chi connectivity index (χ2n) is 3.84. The molecule has 1 unspecified atom stereocenters. The van der Waals surface area contributed by atoms with Crippen LogP contribution < -0.4 is 10.6 Å². The zero-order valence-corrected chi connectivity index (χ0v) is 10.2. The van der Waals surface area contributed by atoms with Crippen molar-refractivity contribution in [3.8, 4) is 0 Å². The maximum atomic E-state index is 11.6. The van der Waals surface area contributed by atoms with Gasteiger partial charge in [0, 0.05) is 6.20 Å². The van der Waals surface area contributed by atoms with E-state index in [0.29, 0.717) is 12.2 Å². The Morgan fingerprint density at radius 1 is 1.50 bits per heavy atom. The summed E-state index contributed by atoms with van der Waals surface area (Å²) in [5.41, 5.74) is 0.558. The van der Waals surface area contributed by atoms with Crippen molar-refractivity contribution in [3.05, 3.63) is 24.5 Å². The van der Waals surface area contributed by atoms with Gasteiger partial charge in [0.2, 0.25) is 5.91 Å². The van der Waals surface area contributed by atoms with Crippen LogP contribution >= 0.6 is 0 Å². The second-order valence-corrected chi connectivity index (χ2v) is 3.84. The smallest absolute Gasteiger partial charge is 0.321 e. The van der Waals surface area contributed by atoms with E-state index in [1.54, 1.807) is 18.3 Å². The minimum absolute atomic E-state index is 0.107. The average Bonchev–Trinajstić information content (AvgIpc) is 2.35. The van der Waals surface area contributed by atoms with Gasteiger partial charge in [-0.1, -0.05) is 6.92 Å². The summed E-state index contributed by atoms with van der Waals surface area (Å²) >= 11 is 0. The van der Waals surface area contributed by atoms with E-state index >= 15 is 0 Å². The quantitative estimate of drug-likeness (QED) is 0.668. The van der Waals surface area contributed by atoms with Crippen LogP contribution in [0.3, 0.4) is 0 Å². The van der Waals surface area contributed by atoms with Crippen molar-refractivity contribution in [2.45, 2.75) is 25.8 Å². The molecule has 1 atom stereocenters. The van der Waals surface area contributed by atoms with Gasteiger partial charge in [0.05, 0.1) is 18.3 Å². The van der Waals surface area contributed by atoms with Gasteiger partial charge in [-0.3, -0.25) is 14.6 Å². The third kappa shape index (κ3) is 4.92. The normalized spacial score (nSPS) is 11.8. The zero-order chi connectivity index (χ0) is 13.4. The third-order valence-electron chi connectivity index (χ3n) is 2.27. The number of carbonyl (C=O) groups excluding carboxylic acids is 1. The van der Waals surface area contributed by atoms with E-state index in [2.05, 4.69) is 15.6 Å². The van der Waals surface area contributed by atoms with E-state index < -0.39 is 12.0 Å². The molecule has 6 nitrogen and oxygen atoms in total. The molecular formula is C12H17N3O3. The van der Waals surface area contributed by atoms with Gasteiger partial charge in [0.1, 0.15) is 6.04 Å². The molecule has 0 saturated carbocycles. The number of carbonyl (C=O) groups is 2. The van der Waals surface area contributed by atoms with Crippen LogP contribution in [0, 0.1) is 0 Å². The molecule has 6 heteroatoms. The van der Waals surface area contributed by atoms with E-state index in [9.17, 15) is 9.59 Å². The Hall–Kier alpha value is -1.95. The Labute approximate surface area is 105 Å². The van der Waals surface area contributed by atoms with Crippen LogP contribution in [-0.4, -0.2) is 34.6 Å². The number of hydrogen-bond donors (Lipinski definition) is 3. The lowest BCUT2D eigenvalue weighted by atomic mass is 10.2. The molecule has 0 fully saturated rings. The van der Waals surface area contributed by atoms with Gasteiger partial charge in [-0.05, 0) is 25.1 Å². The van der Waals surface area contributed by atoms with Crippen molar-refractivity contribution in [1.29, 1.82) is 0 Å². The summed E-state index contributed by atoms with van der Waals surface area (Å²) in [6, 6.07) is 2.53. The minimum Gasteiger partial charge on any atom is -0.480 e. The number of nitrogens with one attached hydrogen (secondary N) is 2. The SMILES string of the molecule is CCCNC(CC(=O)Nc1cccnc1)C(=O)O. The van der Waals surface area contributed by atoms with Gasteiger partial charge >= 0.3 is 5.97 Å². The molecule has 1 heterocycles. The first-order chi connectivity index (χ1) is 8.63. The fraction of sp³-hybridized carbons (Fsp3) is 0.417. The Kier molecular flexibility index (Phi) is 5.79. The molecule has 0 saturated heterocycles. The van der Waals surface area contributed by atoms with Crippen molar-refractivity contribution in [2.24, 2.45) is 0 Å². The second kappa shape index (κ2) is 7.39. The number of carboxylic acids is 1. The number of amides is 1. The van der Waals surface area contributed by atoms with Gasteiger partial charge in [0.15, 0.2) is 0 Å². The molecule has 1 amide bonds. The Morgan fingerprint density at radius 2 is 2.28 bits per heavy atom. The van der Waals surface area contributed by atoms with E-state index in [1.165, 1.54) is 6.20 Å². The first-order valence-electron chi connectivity index (χ1n) is 5.79. The molecule has 1 aromatic heterocycles. The predicted octanol–water partition coefficient (Wildman–Crippen LogP) is 0.863. The molecule has 0 spiro atoms. The molecule has 98 valence electrons. The minimum atomic E-state index is -1.02. The highest BCUT2D eigenvalue weighted by atomic mass is 16.4. The molecule has 1 rings (SSSR count). The summed E-state index contributed by atoms with van der Waals surface area (Å²) in [6.45, 7) is 2.50. The fourth-order valence-corrected chi connectivity index (χ4v) is 1.40. The molecule has 0 radical (unpaired) electrons. The number of aliphatic carboxylic acids is 1. The maximum absolute atomic E-state index is 11.6. The van der Waals surface area contributed by atoms with Gasteiger partial charge < -0.3 is 15.7 Å². The van der Waals surface area contributed by atoms with Gasteiger partial charge in [-0.15, -0.1) is 0 Å². The molecule has 0 bridgehead atoms. The van der Waals surface area contributed by atoms with Crippen LogP contribution in [0.1, 0.15) is 19.8 Å². The molecule has 18 heavy (non-hydrogen) atoms. The molecule has 0 aromatic carbocycles. The highest BCUT2D eigenvalue weighted by Crippen LogP contribution is 2.04. The molecule has 0 aliphatic rings. The lowest BCUT2D eigenvalue weighted by Crippen LogP contribution is -2.40. The number of rotatable bonds is 7. The van der Waals surface area contributed by atoms with Crippen LogP contribution in [0.2, 0.25) is 0 Å². The first kappa shape index (κ1) is 14.1. The monoisotopic (exact) mass is 251 g/mol. The Morgan fingerprint density at radius 3 is 2.83 bits per heavy atom. The molecule has 0 aliphatic heterocycles. The van der Waals surface area contributed by atoms with Gasteiger partial charge in [-0.25, -0.2) is 0 Å². The lowest BCUT2D eigenvalue weighted by molar-refractivity contribution is -0.141. The average molecular weight is 251 g/mol. The summed E-state index contributed by atoms with van der Waals surface area (Å²) in [6.07, 6.45) is 3.81. The van der Waals surface area contributed by atoms with Crippen LogP contribution in [-0.2, 0) is 9.59 Å². The summed E-state index contributed by atoms with van der Waals surface area (Å²) in [4.78, 5) is 26.4. The third-order valence-corrected chi connectivity index (χ3v) is 2.27. The summed E-state index contributed by atoms with van der Waals surface area (Å²) in [5, 5.41) is 14.4. The van der Waals surface area contributed by atoms with Crippen molar-refractivity contribution in [3.63, 3.8) is 0 Å². The zero-order valence-electron chi connectivity index (χ0n) is 10.2. The first-order valence-corrected chi connectivity index (χ1v) is 5.79. The van der Waals surface area contributed by atoms with E-state index in [-0.39, 0.29) is 12.3 Å². The summed E-state index contributed by atoms with van der Waals surface area (Å²) in [5.74, 6) is -1.37. The maximum Gasteiger partial charge on any atom is 0.321 e. The van der Waals surface area contributed by atoms with E-state index in [0.717, 1.165) is 6.42 Å². The standard InChI is InChI=1S/C12H17N3O3/c1-2-5-14-10(12(17)18)7-11(16)15-9-4-3-6-13-8-9/h3-4,6,8,10,14H,2,5,7H2,1H3,(H,15,16)(H,17,18). The number of nitrogens with zero attached hydrogens (tertiary/aromatic N) is 1. The summed E-state index contributed by atoms with van der Waals surface area (Å²) in [7, 11) is 0. The molecule has 0 aliphatic carbocycles. The molecular weight excluding hydrogens is 234 g/mol. The highest BCUT2D eigenvalue weighted by Gasteiger charge is 2.20. The summed E-state index contributed by atoms with van der Waals surface area (Å²) < 4.78 is 0. The topological polar surface area (TPSA) is 91.3 Å². The van der Waals surface area contributed by atoms with Crippen molar-refractivity contribution in [2.75, 3.05) is 11.9 Å². The van der Waals surface area contributed by atoms with E-state index in [4.69, 9.17) is 5.11 Å². The van der Waals surface area contributed by atoms with Crippen LogP contribution in [0.15, 0.2) is 24.5 Å². The predicted molar refractivity (Wildman–Crippen MR) is 67.2 cm³/mol. The van der Waals surface area contributed by atoms with Crippen molar-refractivity contribution >= 4 is 17.6 Å². The number of hydrogen-bond acceptors (Lipinski definition) is 4. The van der Waals surface area contributed by atoms with Crippen molar-refractivity contribution < 1.29 is 14.7 Å². The lowest BCUT2D eigenvalue weighted by Gasteiger charge is -2.13. The van der Waals surface area contributed by atoms with Gasteiger partial charge in [-0.2, -0.15) is 0 Å². The molecule has 3 N–H and O–H groups in total. The van der Waals surface area contributed by atoms with E-state index in [1.807, 2.05) is 6.92 Å². The number of pyridine rings is 1. The van der Waals surface area contributed by atoms with Gasteiger partial charge in [0.25, 0.3) is 0 Å².